The summed E-state index contributed by atoms with van der Waals surface area (Å²) >= 11 is 0. The molecule has 1 saturated heterocycles. The third-order valence-electron chi connectivity index (χ3n) is 3.74. The highest BCUT2D eigenvalue weighted by atomic mass is 15.0. The van der Waals surface area contributed by atoms with E-state index in [1.54, 1.807) is 0 Å². The van der Waals surface area contributed by atoms with E-state index in [1.165, 1.54) is 25.7 Å². The maximum Gasteiger partial charge on any atom is 0.0104 e. The molecule has 2 aliphatic rings. The maximum absolute atomic E-state index is 3.72. The van der Waals surface area contributed by atoms with E-state index in [0.717, 1.165) is 23.9 Å². The predicted octanol–water partition coefficient (Wildman–Crippen LogP) is 2.73. The van der Waals surface area contributed by atoms with Gasteiger partial charge in [-0.2, -0.15) is 0 Å². The van der Waals surface area contributed by atoms with Gasteiger partial charge < -0.3 is 5.32 Å². The zero-order valence-electron chi connectivity index (χ0n) is 8.79. The van der Waals surface area contributed by atoms with Crippen LogP contribution in [0.1, 0.15) is 39.5 Å². The summed E-state index contributed by atoms with van der Waals surface area (Å²) < 4.78 is 0. The number of hydrogen-bond acceptors (Lipinski definition) is 1. The first-order chi connectivity index (χ1) is 6.27. The van der Waals surface area contributed by atoms with Gasteiger partial charge in [0.05, 0.1) is 0 Å². The van der Waals surface area contributed by atoms with Crippen molar-refractivity contribution in [2.45, 2.75) is 51.6 Å². The highest BCUT2D eigenvalue weighted by molar-refractivity contribution is 4.99. The molecule has 1 aliphatic heterocycles. The molecular weight excluding hydrogens is 158 g/mol. The lowest BCUT2D eigenvalue weighted by molar-refractivity contribution is 0.269. The second-order valence-corrected chi connectivity index (χ2v) is 4.84. The van der Waals surface area contributed by atoms with Crippen molar-refractivity contribution in [2.75, 3.05) is 0 Å². The number of allylic oxidation sites excluding steroid dienone is 2. The van der Waals surface area contributed by atoms with Crippen molar-refractivity contribution in [3.63, 3.8) is 0 Å². The number of rotatable bonds is 1. The van der Waals surface area contributed by atoms with Crippen LogP contribution >= 0.6 is 0 Å². The molecule has 1 unspecified atom stereocenters. The van der Waals surface area contributed by atoms with E-state index < -0.39 is 0 Å². The first-order valence-electron chi connectivity index (χ1n) is 5.68. The van der Waals surface area contributed by atoms with E-state index in [0.29, 0.717) is 0 Å². The normalized spacial score (nSPS) is 45.4. The first kappa shape index (κ1) is 9.26. The molecule has 0 aromatic rings. The van der Waals surface area contributed by atoms with Crippen molar-refractivity contribution in [3.05, 3.63) is 12.2 Å². The molecule has 1 fully saturated rings. The van der Waals surface area contributed by atoms with Gasteiger partial charge in [-0.25, -0.2) is 0 Å². The number of nitrogens with one attached hydrogen (secondary N) is 1. The van der Waals surface area contributed by atoms with Crippen LogP contribution in [-0.2, 0) is 0 Å². The van der Waals surface area contributed by atoms with E-state index >= 15 is 0 Å². The van der Waals surface area contributed by atoms with E-state index in [9.17, 15) is 0 Å². The van der Waals surface area contributed by atoms with Crippen molar-refractivity contribution in [1.29, 1.82) is 0 Å². The van der Waals surface area contributed by atoms with Gasteiger partial charge in [-0.3, -0.25) is 0 Å². The second-order valence-electron chi connectivity index (χ2n) is 4.84. The lowest BCUT2D eigenvalue weighted by Gasteiger charge is -2.31. The fraction of sp³-hybridized carbons (Fsp3) is 0.833. The Morgan fingerprint density at radius 3 is 2.46 bits per heavy atom. The molecule has 4 atom stereocenters. The smallest absolute Gasteiger partial charge is 0.0104 e. The maximum atomic E-state index is 3.72. The highest BCUT2D eigenvalue weighted by Gasteiger charge is 2.31. The fourth-order valence-electron chi connectivity index (χ4n) is 2.83. The van der Waals surface area contributed by atoms with Crippen LogP contribution in [0.5, 0.6) is 0 Å². The van der Waals surface area contributed by atoms with Gasteiger partial charge in [-0.05, 0) is 44.4 Å². The third kappa shape index (κ3) is 1.96. The SMILES string of the molecule is CC1CC=CC[C@H]1[C@@H]1CC[C@H](C)N1. The summed E-state index contributed by atoms with van der Waals surface area (Å²) in [6, 6.07) is 1.55. The predicted molar refractivity (Wildman–Crippen MR) is 56.6 cm³/mol. The van der Waals surface area contributed by atoms with Crippen molar-refractivity contribution in [1.82, 2.24) is 5.32 Å². The molecule has 0 aromatic carbocycles. The molecule has 1 heteroatoms. The van der Waals surface area contributed by atoms with Crippen molar-refractivity contribution in [2.24, 2.45) is 11.8 Å². The first-order valence-corrected chi connectivity index (χ1v) is 5.68. The number of hydrogen-bond donors (Lipinski definition) is 1. The Balaban J connectivity index is 1.96. The van der Waals surface area contributed by atoms with Gasteiger partial charge in [0.15, 0.2) is 0 Å². The highest BCUT2D eigenvalue weighted by Crippen LogP contribution is 2.32. The molecule has 1 N–H and O–H groups in total. The van der Waals surface area contributed by atoms with Gasteiger partial charge in [-0.15, -0.1) is 0 Å². The van der Waals surface area contributed by atoms with Gasteiger partial charge in [0.2, 0.25) is 0 Å². The average molecular weight is 179 g/mol. The zero-order chi connectivity index (χ0) is 9.26. The Morgan fingerprint density at radius 1 is 1.08 bits per heavy atom. The van der Waals surface area contributed by atoms with Crippen LogP contribution in [0.4, 0.5) is 0 Å². The van der Waals surface area contributed by atoms with E-state index in [4.69, 9.17) is 0 Å². The lowest BCUT2D eigenvalue weighted by atomic mass is 9.79. The van der Waals surface area contributed by atoms with Crippen LogP contribution in [0.15, 0.2) is 12.2 Å². The van der Waals surface area contributed by atoms with Crippen molar-refractivity contribution < 1.29 is 0 Å². The summed E-state index contributed by atoms with van der Waals surface area (Å²) in [6.45, 7) is 4.71. The summed E-state index contributed by atoms with van der Waals surface area (Å²) in [7, 11) is 0. The Hall–Kier alpha value is -0.300. The molecule has 0 amide bonds. The zero-order valence-corrected chi connectivity index (χ0v) is 8.79. The summed E-state index contributed by atoms with van der Waals surface area (Å²) in [5.74, 6) is 1.78. The van der Waals surface area contributed by atoms with Crippen LogP contribution in [-0.4, -0.2) is 12.1 Å². The van der Waals surface area contributed by atoms with Gasteiger partial charge in [0.25, 0.3) is 0 Å². The summed E-state index contributed by atoms with van der Waals surface area (Å²) in [6.07, 6.45) is 10.1. The summed E-state index contributed by atoms with van der Waals surface area (Å²) in [5.41, 5.74) is 0. The molecule has 1 aliphatic carbocycles. The lowest BCUT2D eigenvalue weighted by Crippen LogP contribution is -2.37. The third-order valence-corrected chi connectivity index (χ3v) is 3.74. The molecule has 0 saturated carbocycles. The Morgan fingerprint density at radius 2 is 1.85 bits per heavy atom. The minimum Gasteiger partial charge on any atom is -0.311 e. The molecule has 0 spiro atoms. The minimum atomic E-state index is 0.753. The summed E-state index contributed by atoms with van der Waals surface area (Å²) in [4.78, 5) is 0. The van der Waals surface area contributed by atoms with Crippen LogP contribution in [0.25, 0.3) is 0 Å². The van der Waals surface area contributed by atoms with Crippen LogP contribution in [0.2, 0.25) is 0 Å². The van der Waals surface area contributed by atoms with Crippen molar-refractivity contribution >= 4 is 0 Å². The fourth-order valence-corrected chi connectivity index (χ4v) is 2.83. The monoisotopic (exact) mass is 179 g/mol. The molecule has 74 valence electrons. The molecule has 1 nitrogen and oxygen atoms in total. The van der Waals surface area contributed by atoms with E-state index in [1.807, 2.05) is 0 Å². The van der Waals surface area contributed by atoms with Gasteiger partial charge in [0.1, 0.15) is 0 Å². The van der Waals surface area contributed by atoms with Crippen molar-refractivity contribution in [3.8, 4) is 0 Å². The van der Waals surface area contributed by atoms with Crippen LogP contribution in [0, 0.1) is 11.8 Å². The molecule has 2 rings (SSSR count). The summed E-state index contributed by atoms with van der Waals surface area (Å²) in [5, 5.41) is 3.72. The average Bonchev–Trinajstić information content (AvgIpc) is 2.53. The Labute approximate surface area is 81.6 Å². The minimum absolute atomic E-state index is 0.753. The van der Waals surface area contributed by atoms with Gasteiger partial charge >= 0.3 is 0 Å². The van der Waals surface area contributed by atoms with Crippen LogP contribution < -0.4 is 5.32 Å². The largest absolute Gasteiger partial charge is 0.311 e. The second kappa shape index (κ2) is 3.83. The van der Waals surface area contributed by atoms with Gasteiger partial charge in [-0.1, -0.05) is 19.1 Å². The molecule has 13 heavy (non-hydrogen) atoms. The molecular formula is C12H21N. The van der Waals surface area contributed by atoms with E-state index in [2.05, 4.69) is 31.3 Å². The van der Waals surface area contributed by atoms with Crippen LogP contribution in [0.3, 0.4) is 0 Å². The molecule has 1 heterocycles. The van der Waals surface area contributed by atoms with E-state index in [-0.39, 0.29) is 0 Å². The standard InChI is InChI=1S/C12H21N/c1-9-5-3-4-6-11(9)12-8-7-10(2)13-12/h3-4,9-13H,5-8H2,1-2H3/t9?,10-,11+,12-/m0/s1. The topological polar surface area (TPSA) is 12.0 Å². The molecule has 0 bridgehead atoms. The van der Waals surface area contributed by atoms with Gasteiger partial charge in [0, 0.05) is 12.1 Å². The quantitative estimate of drug-likeness (QED) is 0.610. The Bertz CT molecular complexity index is 197. The molecule has 0 aromatic heterocycles. The Kier molecular flexibility index (Phi) is 2.73. The molecule has 0 radical (unpaired) electrons.